The van der Waals surface area contributed by atoms with Gasteiger partial charge >= 0.3 is 6.61 Å². The Balaban J connectivity index is 1.70. The Hall–Kier alpha value is -3.49. The Morgan fingerprint density at radius 1 is 1.37 bits per heavy atom. The van der Waals surface area contributed by atoms with Crippen LogP contribution >= 0.6 is 0 Å². The molecule has 27 heavy (non-hydrogen) atoms. The number of carbonyl (C=O) groups excluding carboxylic acids is 1. The Bertz CT molecular complexity index is 959. The zero-order valence-electron chi connectivity index (χ0n) is 14.1. The molecule has 3 rings (SSSR count). The number of benzene rings is 1. The highest BCUT2D eigenvalue weighted by molar-refractivity contribution is 5.93. The number of amides is 1. The highest BCUT2D eigenvalue weighted by atomic mass is 19.3. The van der Waals surface area contributed by atoms with Crippen LogP contribution in [0, 0.1) is 6.92 Å². The van der Waals surface area contributed by atoms with E-state index in [1.54, 1.807) is 19.1 Å². The molecule has 2 N–H and O–H groups in total. The maximum Gasteiger partial charge on any atom is 0.387 e. The number of nitrogens with one attached hydrogen (secondary N) is 1. The van der Waals surface area contributed by atoms with Gasteiger partial charge in [-0.15, -0.1) is 0 Å². The summed E-state index contributed by atoms with van der Waals surface area (Å²) in [6, 6.07) is 7.34. The average Bonchev–Trinajstić information content (AvgIpc) is 3.10. The van der Waals surface area contributed by atoms with Crippen molar-refractivity contribution < 1.29 is 27.8 Å². The highest BCUT2D eigenvalue weighted by Gasteiger charge is 2.15. The number of aromatic nitrogens is 2. The van der Waals surface area contributed by atoms with Gasteiger partial charge in [0.25, 0.3) is 5.91 Å². The first-order valence-corrected chi connectivity index (χ1v) is 7.86. The summed E-state index contributed by atoms with van der Waals surface area (Å²) in [5.41, 5.74) is 1.82. The molecule has 0 spiro atoms. The number of phenolic OH excluding ortho intramolecular Hbond substituents is 1. The van der Waals surface area contributed by atoms with Gasteiger partial charge in [-0.05, 0) is 36.8 Å². The minimum Gasteiger partial charge on any atom is -0.504 e. The lowest BCUT2D eigenvalue weighted by Gasteiger charge is -2.07. The van der Waals surface area contributed by atoms with Crippen LogP contribution in [0.1, 0.15) is 21.7 Å². The number of hydrogen-bond donors (Lipinski definition) is 2. The molecular weight excluding hydrogens is 360 g/mol. The zero-order chi connectivity index (χ0) is 19.4. The Morgan fingerprint density at radius 2 is 2.19 bits per heavy atom. The molecule has 0 saturated carbocycles. The number of carbonyl (C=O) groups is 1. The molecule has 7 nitrogen and oxygen atoms in total. The van der Waals surface area contributed by atoms with E-state index in [1.807, 2.05) is 0 Å². The molecule has 2 heterocycles. The summed E-state index contributed by atoms with van der Waals surface area (Å²) >= 11 is 0. The number of pyridine rings is 1. The fourth-order valence-electron chi connectivity index (χ4n) is 2.34. The zero-order valence-corrected chi connectivity index (χ0v) is 14.1. The number of hydrogen-bond acceptors (Lipinski definition) is 6. The maximum absolute atomic E-state index is 12.4. The van der Waals surface area contributed by atoms with E-state index >= 15 is 0 Å². The van der Waals surface area contributed by atoms with Gasteiger partial charge in [0.2, 0.25) is 5.89 Å². The van der Waals surface area contributed by atoms with E-state index in [0.29, 0.717) is 17.0 Å². The lowest BCUT2D eigenvalue weighted by Crippen LogP contribution is -2.24. The van der Waals surface area contributed by atoms with E-state index < -0.39 is 12.4 Å². The fraction of sp³-hybridized carbons (Fsp3) is 0.167. The highest BCUT2D eigenvalue weighted by Crippen LogP contribution is 2.32. The summed E-state index contributed by atoms with van der Waals surface area (Å²) in [4.78, 5) is 20.4. The van der Waals surface area contributed by atoms with Crippen molar-refractivity contribution in [2.24, 2.45) is 0 Å². The van der Waals surface area contributed by atoms with Crippen LogP contribution in [0.4, 0.5) is 8.78 Å². The first-order valence-electron chi connectivity index (χ1n) is 7.86. The molecule has 2 aromatic heterocycles. The van der Waals surface area contributed by atoms with Gasteiger partial charge in [-0.1, -0.05) is 6.07 Å². The normalized spacial score (nSPS) is 10.8. The largest absolute Gasteiger partial charge is 0.504 e. The Kier molecular flexibility index (Phi) is 5.30. The number of ether oxygens (including phenoxy) is 1. The third-order valence-corrected chi connectivity index (χ3v) is 3.63. The number of rotatable bonds is 6. The molecule has 3 aromatic rings. The third-order valence-electron chi connectivity index (χ3n) is 3.63. The second-order valence-corrected chi connectivity index (χ2v) is 5.56. The average molecular weight is 375 g/mol. The van der Waals surface area contributed by atoms with Crippen molar-refractivity contribution in [3.05, 3.63) is 59.7 Å². The molecule has 0 unspecified atom stereocenters. The molecular formula is C18H15F2N3O4. The van der Waals surface area contributed by atoms with Crippen LogP contribution in [-0.2, 0) is 6.54 Å². The second kappa shape index (κ2) is 7.81. The minimum atomic E-state index is -3.07. The Morgan fingerprint density at radius 3 is 2.93 bits per heavy atom. The molecule has 0 aliphatic heterocycles. The predicted octanol–water partition coefficient (Wildman–Crippen LogP) is 3.28. The van der Waals surface area contributed by atoms with Crippen LogP contribution in [0.25, 0.3) is 11.5 Å². The number of aryl methyl sites for hydroxylation is 1. The molecule has 1 aromatic carbocycles. The van der Waals surface area contributed by atoms with Gasteiger partial charge in [0.15, 0.2) is 11.5 Å². The van der Waals surface area contributed by atoms with Gasteiger partial charge in [0.05, 0.1) is 12.2 Å². The minimum absolute atomic E-state index is 0.0941. The summed E-state index contributed by atoms with van der Waals surface area (Å²) in [5, 5.41) is 12.2. The molecule has 0 aliphatic carbocycles. The topological polar surface area (TPSA) is 97.5 Å². The van der Waals surface area contributed by atoms with E-state index in [-0.39, 0.29) is 24.1 Å². The van der Waals surface area contributed by atoms with Gasteiger partial charge in [-0.25, -0.2) is 4.98 Å². The van der Waals surface area contributed by atoms with Crippen molar-refractivity contribution in [2.75, 3.05) is 0 Å². The molecule has 0 fully saturated rings. The van der Waals surface area contributed by atoms with Crippen LogP contribution in [0.2, 0.25) is 0 Å². The van der Waals surface area contributed by atoms with Crippen molar-refractivity contribution in [2.45, 2.75) is 20.1 Å². The van der Waals surface area contributed by atoms with E-state index in [9.17, 15) is 18.7 Å². The molecule has 0 aliphatic rings. The van der Waals surface area contributed by atoms with Crippen molar-refractivity contribution in [1.82, 2.24) is 15.3 Å². The van der Waals surface area contributed by atoms with E-state index in [1.165, 1.54) is 30.7 Å². The number of oxazole rings is 1. The summed E-state index contributed by atoms with van der Waals surface area (Å²) in [6.07, 6.45) is 2.86. The van der Waals surface area contributed by atoms with Gasteiger partial charge in [-0.3, -0.25) is 9.78 Å². The van der Waals surface area contributed by atoms with E-state index in [2.05, 4.69) is 20.0 Å². The fourth-order valence-corrected chi connectivity index (χ4v) is 2.34. The van der Waals surface area contributed by atoms with Crippen molar-refractivity contribution in [3.8, 4) is 23.0 Å². The van der Waals surface area contributed by atoms with Crippen LogP contribution < -0.4 is 10.1 Å². The van der Waals surface area contributed by atoms with Gasteiger partial charge in [0, 0.05) is 11.8 Å². The molecule has 1 amide bonds. The maximum atomic E-state index is 12.4. The SMILES string of the molecule is Cc1cccnc1C(=O)NCc1coc(-c2ccc(O)c(OC(F)F)c2)n1. The lowest BCUT2D eigenvalue weighted by molar-refractivity contribution is -0.0512. The monoisotopic (exact) mass is 375 g/mol. The first kappa shape index (κ1) is 18.3. The quantitative estimate of drug-likeness (QED) is 0.686. The van der Waals surface area contributed by atoms with Crippen LogP contribution in [-0.4, -0.2) is 27.6 Å². The smallest absolute Gasteiger partial charge is 0.387 e. The van der Waals surface area contributed by atoms with Crippen LogP contribution in [0.5, 0.6) is 11.5 Å². The lowest BCUT2D eigenvalue weighted by atomic mass is 10.2. The summed E-state index contributed by atoms with van der Waals surface area (Å²) < 4.78 is 34.3. The van der Waals surface area contributed by atoms with Crippen molar-refractivity contribution in [3.63, 3.8) is 0 Å². The molecule has 0 bridgehead atoms. The van der Waals surface area contributed by atoms with Crippen LogP contribution in [0.15, 0.2) is 47.2 Å². The number of halogens is 2. The number of nitrogens with zero attached hydrogens (tertiary/aromatic N) is 2. The second-order valence-electron chi connectivity index (χ2n) is 5.56. The number of alkyl halides is 2. The van der Waals surface area contributed by atoms with Gasteiger partial charge in [0.1, 0.15) is 12.0 Å². The summed E-state index contributed by atoms with van der Waals surface area (Å²) in [5.74, 6) is -1.03. The Labute approximate surface area is 152 Å². The van der Waals surface area contributed by atoms with E-state index in [4.69, 9.17) is 4.42 Å². The summed E-state index contributed by atoms with van der Waals surface area (Å²) in [7, 11) is 0. The molecule has 0 radical (unpaired) electrons. The third kappa shape index (κ3) is 4.38. The molecule has 0 atom stereocenters. The van der Waals surface area contributed by atoms with Crippen molar-refractivity contribution >= 4 is 5.91 Å². The predicted molar refractivity (Wildman–Crippen MR) is 90.4 cm³/mol. The standard InChI is InChI=1S/C18H15F2N3O4/c1-10-3-2-6-21-15(10)16(25)22-8-12-9-26-17(23-12)11-4-5-13(24)14(7-11)27-18(19)20/h2-7,9,18,24H,8H2,1H3,(H,22,25). The summed E-state index contributed by atoms with van der Waals surface area (Å²) in [6.45, 7) is -1.20. The number of phenols is 1. The molecule has 9 heteroatoms. The van der Waals surface area contributed by atoms with E-state index in [0.717, 1.165) is 5.56 Å². The molecule has 0 saturated heterocycles. The van der Waals surface area contributed by atoms with Crippen molar-refractivity contribution in [1.29, 1.82) is 0 Å². The van der Waals surface area contributed by atoms with Gasteiger partial charge < -0.3 is 19.6 Å². The molecule has 140 valence electrons. The van der Waals surface area contributed by atoms with Crippen LogP contribution in [0.3, 0.4) is 0 Å². The van der Waals surface area contributed by atoms with Gasteiger partial charge in [-0.2, -0.15) is 8.78 Å². The number of aromatic hydroxyl groups is 1. The first-order chi connectivity index (χ1) is 12.9.